The average molecular weight is 525 g/mol. The minimum atomic E-state index is -4.40. The zero-order chi connectivity index (χ0) is 21.0. The number of amides is 1. The van der Waals surface area contributed by atoms with Crippen molar-refractivity contribution < 1.29 is 30.2 Å². The Labute approximate surface area is 171 Å². The normalized spacial score (nSPS) is 18.0. The van der Waals surface area contributed by atoms with Crippen LogP contribution in [0.3, 0.4) is 0 Å². The molecule has 156 valence electrons. The molecule has 1 saturated heterocycles. The Morgan fingerprint density at radius 2 is 1.93 bits per heavy atom. The molecule has 1 amide bonds. The first-order chi connectivity index (χ1) is 13.8. The standard InChI is InChI=1S/C18H16F4IN3O3/c1-2-16(27)26-9-15(29-17-24-7-14(19)8-25-17)23(11-26)28-10-12-3-5-13(6-4-12)18(20,21)22/h2-8,15H,1,9-11H2/t15-/m0/s1. The molecular formula is C18H16F4IN3O3. The zero-order valence-corrected chi connectivity index (χ0v) is 17.1. The summed E-state index contributed by atoms with van der Waals surface area (Å²) in [4.78, 5) is 21.0. The molecule has 1 aromatic heterocycles. The summed E-state index contributed by atoms with van der Waals surface area (Å²) in [5, 5.41) is 0. The summed E-state index contributed by atoms with van der Waals surface area (Å²) in [5.41, 5.74) is -0.168. The maximum atomic E-state index is 13.0. The fourth-order valence-electron chi connectivity index (χ4n) is 2.39. The Hall–Kier alpha value is -2.28. The van der Waals surface area contributed by atoms with Crippen molar-refractivity contribution in [1.29, 1.82) is 0 Å². The second kappa shape index (κ2) is 9.03. The van der Waals surface area contributed by atoms with Crippen LogP contribution in [0.1, 0.15) is 11.1 Å². The van der Waals surface area contributed by atoms with Crippen LogP contribution in [0.4, 0.5) is 17.6 Å². The molecule has 6 nitrogen and oxygen atoms in total. The summed E-state index contributed by atoms with van der Waals surface area (Å²) in [6, 6.07) is 4.64. The Morgan fingerprint density at radius 1 is 1.28 bits per heavy atom. The van der Waals surface area contributed by atoms with Gasteiger partial charge in [-0.3, -0.25) is 0 Å². The summed E-state index contributed by atoms with van der Waals surface area (Å²) >= 11 is -2.39. The summed E-state index contributed by atoms with van der Waals surface area (Å²) in [7, 11) is 0. The molecule has 2 aromatic rings. The second-order valence-corrected chi connectivity index (χ2v) is 10.6. The van der Waals surface area contributed by atoms with E-state index in [1.165, 1.54) is 23.1 Å². The molecule has 2 heterocycles. The number of hydrogen-bond donors (Lipinski definition) is 0. The molecule has 3 rings (SSSR count). The van der Waals surface area contributed by atoms with Gasteiger partial charge in [0.1, 0.15) is 0 Å². The number of alkyl halides is 5. The monoisotopic (exact) mass is 525 g/mol. The van der Waals surface area contributed by atoms with Crippen LogP contribution in [0.25, 0.3) is 0 Å². The third kappa shape index (κ3) is 5.63. The van der Waals surface area contributed by atoms with Gasteiger partial charge in [0.25, 0.3) is 0 Å². The maximum absolute atomic E-state index is 13.0. The van der Waals surface area contributed by atoms with Gasteiger partial charge in [0.15, 0.2) is 0 Å². The topological polar surface area (TPSA) is 64.6 Å². The quantitative estimate of drug-likeness (QED) is 0.188. The minimum absolute atomic E-state index is 0.0373. The number of nitrogens with zero attached hydrogens (tertiary/aromatic N) is 3. The van der Waals surface area contributed by atoms with Crippen molar-refractivity contribution in [3.8, 4) is 6.01 Å². The van der Waals surface area contributed by atoms with Gasteiger partial charge in [-0.25, -0.2) is 0 Å². The molecule has 1 aliphatic heterocycles. The summed E-state index contributed by atoms with van der Waals surface area (Å²) in [6.07, 6.45) is -1.29. The van der Waals surface area contributed by atoms with Crippen LogP contribution in [0.2, 0.25) is 0 Å². The Bertz CT molecular complexity index is 862. The van der Waals surface area contributed by atoms with Crippen LogP contribution >= 0.6 is 20.2 Å². The van der Waals surface area contributed by atoms with E-state index in [1.54, 1.807) is 0 Å². The Morgan fingerprint density at radius 3 is 2.52 bits per heavy atom. The third-order valence-electron chi connectivity index (χ3n) is 3.86. The van der Waals surface area contributed by atoms with Crippen molar-refractivity contribution in [1.82, 2.24) is 14.9 Å². The van der Waals surface area contributed by atoms with Crippen LogP contribution in [0.15, 0.2) is 49.3 Å². The zero-order valence-electron chi connectivity index (χ0n) is 14.9. The molecular weight excluding hydrogens is 509 g/mol. The van der Waals surface area contributed by atoms with E-state index in [1.807, 2.05) is 0 Å². The molecule has 11 heteroatoms. The number of rotatable bonds is 6. The van der Waals surface area contributed by atoms with Crippen LogP contribution in [0, 0.1) is 5.82 Å². The third-order valence-corrected chi connectivity index (χ3v) is 8.66. The van der Waals surface area contributed by atoms with Crippen molar-refractivity contribution >= 4 is 26.1 Å². The van der Waals surface area contributed by atoms with Crippen molar-refractivity contribution in [2.45, 2.75) is 16.9 Å². The first kappa shape index (κ1) is 21.4. The second-order valence-electron chi connectivity index (χ2n) is 5.90. The van der Waals surface area contributed by atoms with E-state index in [0.29, 0.717) is 10.1 Å². The summed E-state index contributed by atoms with van der Waals surface area (Å²) in [6.45, 7) is 3.78. The van der Waals surface area contributed by atoms with E-state index in [0.717, 1.165) is 24.5 Å². The molecule has 1 aromatic carbocycles. The summed E-state index contributed by atoms with van der Waals surface area (Å²) < 4.78 is 62.5. The Balaban J connectivity index is 1.67. The fourth-order valence-corrected chi connectivity index (χ4v) is 7.04. The van der Waals surface area contributed by atoms with Gasteiger partial charge in [-0.15, -0.1) is 0 Å². The van der Waals surface area contributed by atoms with Gasteiger partial charge in [-0.05, 0) is 0 Å². The molecule has 1 atom stereocenters. The first-order valence-electron chi connectivity index (χ1n) is 8.26. The van der Waals surface area contributed by atoms with Gasteiger partial charge >= 0.3 is 171 Å². The number of carbonyl (C=O) groups excluding carboxylic acids is 1. The van der Waals surface area contributed by atoms with Gasteiger partial charge < -0.3 is 0 Å². The molecule has 0 saturated carbocycles. The predicted octanol–water partition coefficient (Wildman–Crippen LogP) is 3.96. The number of aromatic nitrogens is 2. The molecule has 0 aliphatic carbocycles. The molecule has 0 bridgehead atoms. The molecule has 1 aliphatic rings. The van der Waals surface area contributed by atoms with Crippen molar-refractivity contribution in [2.24, 2.45) is 0 Å². The van der Waals surface area contributed by atoms with Gasteiger partial charge in [0.05, 0.1) is 0 Å². The van der Waals surface area contributed by atoms with E-state index in [-0.39, 0.29) is 25.1 Å². The van der Waals surface area contributed by atoms with Crippen molar-refractivity contribution in [3.63, 3.8) is 0 Å². The predicted molar refractivity (Wildman–Crippen MR) is 103 cm³/mol. The van der Waals surface area contributed by atoms with E-state index >= 15 is 0 Å². The Kier molecular flexibility index (Phi) is 6.67. The number of hydrogen-bond acceptors (Lipinski definition) is 5. The molecule has 0 unspecified atom stereocenters. The van der Waals surface area contributed by atoms with Crippen LogP contribution in [-0.2, 0) is 20.6 Å². The number of halogens is 5. The van der Waals surface area contributed by atoms with E-state index in [4.69, 9.17) is 7.80 Å². The van der Waals surface area contributed by atoms with Gasteiger partial charge in [-0.1, -0.05) is 0 Å². The van der Waals surface area contributed by atoms with Crippen molar-refractivity contribution in [2.75, 3.05) is 11.1 Å². The van der Waals surface area contributed by atoms with E-state index in [9.17, 15) is 22.4 Å². The average Bonchev–Trinajstić information content (AvgIpc) is 3.10. The fraction of sp³-hybridized carbons (Fsp3) is 0.278. The number of ether oxygens (including phenoxy) is 1. The number of benzene rings is 1. The summed E-state index contributed by atoms with van der Waals surface area (Å²) in [5.74, 6) is -0.891. The number of carbonyl (C=O) groups is 1. The molecule has 0 radical (unpaired) electrons. The van der Waals surface area contributed by atoms with Gasteiger partial charge in [0, 0.05) is 0 Å². The van der Waals surface area contributed by atoms with E-state index in [2.05, 4.69) is 16.5 Å². The van der Waals surface area contributed by atoms with E-state index < -0.39 is 41.9 Å². The van der Waals surface area contributed by atoms with Crippen LogP contribution < -0.4 is 4.74 Å². The molecule has 29 heavy (non-hydrogen) atoms. The first-order valence-corrected chi connectivity index (χ1v) is 11.9. The van der Waals surface area contributed by atoms with Crippen LogP contribution in [-0.4, -0.2) is 36.0 Å². The molecule has 1 fully saturated rings. The van der Waals surface area contributed by atoms with Gasteiger partial charge in [0.2, 0.25) is 0 Å². The van der Waals surface area contributed by atoms with Gasteiger partial charge in [-0.2, -0.15) is 0 Å². The SMILES string of the molecule is C=CC(=O)N1C[C@H](Oc2ncc(F)cn2)I(OCc2ccc(C(F)(F)F)cc2)C1. The van der Waals surface area contributed by atoms with Crippen molar-refractivity contribution in [3.05, 3.63) is 66.3 Å². The molecule has 0 N–H and O–H groups in total. The van der Waals surface area contributed by atoms with Crippen LogP contribution in [0.5, 0.6) is 6.01 Å². The molecule has 0 spiro atoms.